The number of rotatable bonds is 4. The highest BCUT2D eigenvalue weighted by molar-refractivity contribution is 7.99. The van der Waals surface area contributed by atoms with E-state index in [9.17, 15) is 0 Å². The molecule has 0 bridgehead atoms. The molecule has 0 amide bonds. The number of hydrogen-bond acceptors (Lipinski definition) is 3. The van der Waals surface area contributed by atoms with Crippen molar-refractivity contribution in [1.29, 1.82) is 5.26 Å². The number of nitrogens with zero attached hydrogens (tertiary/aromatic N) is 1. The summed E-state index contributed by atoms with van der Waals surface area (Å²) in [5.74, 6) is 1.21. The van der Waals surface area contributed by atoms with Crippen molar-refractivity contribution in [2.75, 3.05) is 5.75 Å². The van der Waals surface area contributed by atoms with E-state index in [0.717, 1.165) is 5.25 Å². The Morgan fingerprint density at radius 2 is 2.38 bits per heavy atom. The first-order valence-corrected chi connectivity index (χ1v) is 6.08. The lowest BCUT2D eigenvalue weighted by atomic mass is 10.2. The zero-order valence-corrected chi connectivity index (χ0v) is 9.23. The summed E-state index contributed by atoms with van der Waals surface area (Å²) in [6.07, 6.45) is 3.79. The maximum absolute atomic E-state index is 8.65. The van der Waals surface area contributed by atoms with Crippen molar-refractivity contribution in [3.05, 3.63) is 0 Å². The number of nitrogens with one attached hydrogen (secondary N) is 1. The third kappa shape index (κ3) is 3.58. The molecule has 0 saturated heterocycles. The Hall–Kier alpha value is -0.200. The van der Waals surface area contributed by atoms with Gasteiger partial charge in [0.2, 0.25) is 0 Å². The zero-order chi connectivity index (χ0) is 9.68. The maximum Gasteiger partial charge on any atom is 0.0926 e. The summed E-state index contributed by atoms with van der Waals surface area (Å²) in [4.78, 5) is 0. The largest absolute Gasteiger partial charge is 0.299 e. The molecule has 1 N–H and O–H groups in total. The Morgan fingerprint density at radius 1 is 1.62 bits per heavy atom. The monoisotopic (exact) mass is 198 g/mol. The fourth-order valence-electron chi connectivity index (χ4n) is 1.87. The average Bonchev–Trinajstić information content (AvgIpc) is 2.53. The minimum Gasteiger partial charge on any atom is -0.299 e. The van der Waals surface area contributed by atoms with Crippen molar-refractivity contribution in [1.82, 2.24) is 5.32 Å². The second-order valence-corrected chi connectivity index (χ2v) is 5.18. The van der Waals surface area contributed by atoms with Crippen molar-refractivity contribution in [3.63, 3.8) is 0 Å². The number of thioether (sulfide) groups is 1. The fraction of sp³-hybridized carbons (Fsp3) is 0.900. The van der Waals surface area contributed by atoms with Crippen LogP contribution >= 0.6 is 11.8 Å². The molecular weight excluding hydrogens is 180 g/mol. The highest BCUT2D eigenvalue weighted by Gasteiger charge is 2.24. The van der Waals surface area contributed by atoms with Crippen LogP contribution in [0, 0.1) is 11.3 Å². The van der Waals surface area contributed by atoms with E-state index < -0.39 is 0 Å². The molecule has 0 heterocycles. The summed E-state index contributed by atoms with van der Waals surface area (Å²) >= 11 is 2.05. The molecule has 0 aromatic heterocycles. The average molecular weight is 198 g/mol. The minimum atomic E-state index is 0.00961. The van der Waals surface area contributed by atoms with Gasteiger partial charge in [0.05, 0.1) is 12.1 Å². The number of nitriles is 1. The Bertz CT molecular complexity index is 188. The van der Waals surface area contributed by atoms with Gasteiger partial charge in [0.25, 0.3) is 0 Å². The lowest BCUT2D eigenvalue weighted by Gasteiger charge is -2.14. The summed E-state index contributed by atoms with van der Waals surface area (Å²) in [6, 6.07) is 2.81. The zero-order valence-electron chi connectivity index (χ0n) is 8.42. The molecule has 0 aromatic rings. The molecule has 0 aliphatic heterocycles. The summed E-state index contributed by atoms with van der Waals surface area (Å²) < 4.78 is 0. The number of hydrogen-bond donors (Lipinski definition) is 1. The van der Waals surface area contributed by atoms with E-state index in [1.54, 1.807) is 0 Å². The van der Waals surface area contributed by atoms with E-state index in [4.69, 9.17) is 5.26 Å². The van der Waals surface area contributed by atoms with Crippen molar-refractivity contribution in [2.24, 2.45) is 0 Å². The Morgan fingerprint density at radius 3 is 3.00 bits per heavy atom. The van der Waals surface area contributed by atoms with Gasteiger partial charge in [-0.15, -0.1) is 0 Å². The molecular formula is C10H18N2S. The van der Waals surface area contributed by atoms with E-state index in [2.05, 4.69) is 30.1 Å². The molecule has 2 nitrogen and oxygen atoms in total. The van der Waals surface area contributed by atoms with Crippen LogP contribution in [0.15, 0.2) is 0 Å². The SMILES string of the molecule is CCSC1CCC(NC(C)C#N)C1. The molecule has 1 saturated carbocycles. The van der Waals surface area contributed by atoms with Crippen molar-refractivity contribution in [3.8, 4) is 6.07 Å². The van der Waals surface area contributed by atoms with Gasteiger partial charge >= 0.3 is 0 Å². The molecule has 13 heavy (non-hydrogen) atoms. The smallest absolute Gasteiger partial charge is 0.0926 e. The van der Waals surface area contributed by atoms with Gasteiger partial charge in [0.15, 0.2) is 0 Å². The summed E-state index contributed by atoms with van der Waals surface area (Å²) in [6.45, 7) is 4.14. The van der Waals surface area contributed by atoms with Gasteiger partial charge in [0, 0.05) is 11.3 Å². The lowest BCUT2D eigenvalue weighted by Crippen LogP contribution is -2.33. The van der Waals surface area contributed by atoms with E-state index >= 15 is 0 Å². The molecule has 0 aromatic carbocycles. The molecule has 74 valence electrons. The molecule has 3 atom stereocenters. The Kier molecular flexibility index (Phi) is 4.61. The third-order valence-corrected chi connectivity index (χ3v) is 3.70. The Labute approximate surface area is 85.1 Å². The van der Waals surface area contributed by atoms with Crippen LogP contribution in [0.4, 0.5) is 0 Å². The van der Waals surface area contributed by atoms with Gasteiger partial charge in [-0.25, -0.2) is 0 Å². The van der Waals surface area contributed by atoms with Gasteiger partial charge < -0.3 is 0 Å². The predicted octanol–water partition coefficient (Wildman–Crippen LogP) is 2.16. The molecule has 0 radical (unpaired) electrons. The lowest BCUT2D eigenvalue weighted by molar-refractivity contribution is 0.501. The van der Waals surface area contributed by atoms with Gasteiger partial charge in [-0.3, -0.25) is 5.32 Å². The second kappa shape index (κ2) is 5.51. The van der Waals surface area contributed by atoms with E-state index in [0.29, 0.717) is 6.04 Å². The quantitative estimate of drug-likeness (QED) is 0.752. The van der Waals surface area contributed by atoms with Crippen LogP contribution in [0.25, 0.3) is 0 Å². The molecule has 1 fully saturated rings. The first-order chi connectivity index (χ1) is 6.26. The summed E-state index contributed by atoms with van der Waals surface area (Å²) in [7, 11) is 0. The normalized spacial score (nSPS) is 29.9. The van der Waals surface area contributed by atoms with Gasteiger partial charge in [-0.1, -0.05) is 6.92 Å². The van der Waals surface area contributed by atoms with Crippen molar-refractivity contribution in [2.45, 2.75) is 50.4 Å². The fourth-order valence-corrected chi connectivity index (χ4v) is 3.01. The van der Waals surface area contributed by atoms with Crippen LogP contribution in [0.1, 0.15) is 33.1 Å². The van der Waals surface area contributed by atoms with Crippen LogP contribution in [0.5, 0.6) is 0 Å². The van der Waals surface area contributed by atoms with Gasteiger partial charge in [0.1, 0.15) is 0 Å². The van der Waals surface area contributed by atoms with Crippen LogP contribution in [-0.2, 0) is 0 Å². The standard InChI is InChI=1S/C10H18N2S/c1-3-13-10-5-4-9(6-10)12-8(2)7-11/h8-10,12H,3-6H2,1-2H3. The molecule has 1 rings (SSSR count). The van der Waals surface area contributed by atoms with Crippen LogP contribution in [0.3, 0.4) is 0 Å². The minimum absolute atomic E-state index is 0.00961. The second-order valence-electron chi connectivity index (χ2n) is 3.60. The molecule has 0 spiro atoms. The Balaban J connectivity index is 2.21. The molecule has 3 heteroatoms. The molecule has 1 aliphatic rings. The maximum atomic E-state index is 8.65. The highest BCUT2D eigenvalue weighted by atomic mass is 32.2. The molecule has 3 unspecified atom stereocenters. The first kappa shape index (κ1) is 10.9. The highest BCUT2D eigenvalue weighted by Crippen LogP contribution is 2.29. The van der Waals surface area contributed by atoms with Crippen LogP contribution < -0.4 is 5.32 Å². The molecule has 1 aliphatic carbocycles. The first-order valence-electron chi connectivity index (χ1n) is 5.03. The summed E-state index contributed by atoms with van der Waals surface area (Å²) in [5, 5.41) is 12.8. The third-order valence-electron chi connectivity index (χ3n) is 2.47. The van der Waals surface area contributed by atoms with Crippen molar-refractivity contribution >= 4 is 11.8 Å². The topological polar surface area (TPSA) is 35.8 Å². The predicted molar refractivity (Wildman–Crippen MR) is 57.8 cm³/mol. The van der Waals surface area contributed by atoms with Gasteiger partial charge in [-0.2, -0.15) is 17.0 Å². The summed E-state index contributed by atoms with van der Waals surface area (Å²) in [5.41, 5.74) is 0. The van der Waals surface area contributed by atoms with Gasteiger partial charge in [-0.05, 0) is 31.9 Å². The van der Waals surface area contributed by atoms with Crippen LogP contribution in [0.2, 0.25) is 0 Å². The van der Waals surface area contributed by atoms with Crippen molar-refractivity contribution < 1.29 is 0 Å². The van der Waals surface area contributed by atoms with E-state index in [1.807, 2.05) is 6.92 Å². The van der Waals surface area contributed by atoms with Crippen LogP contribution in [-0.4, -0.2) is 23.1 Å². The van der Waals surface area contributed by atoms with E-state index in [1.165, 1.54) is 25.0 Å². The van der Waals surface area contributed by atoms with E-state index in [-0.39, 0.29) is 6.04 Å².